The molecule has 132 valence electrons. The van der Waals surface area contributed by atoms with Gasteiger partial charge in [0.2, 0.25) is 5.91 Å². The fourth-order valence-corrected chi connectivity index (χ4v) is 2.84. The molecular formula is C18H27N3O3. The highest BCUT2D eigenvalue weighted by atomic mass is 16.6. The number of carbonyl (C=O) groups excluding carboxylic acids is 2. The van der Waals surface area contributed by atoms with Crippen LogP contribution in [0.15, 0.2) is 30.3 Å². The molecule has 1 aromatic rings. The number of piperidine rings is 1. The number of benzene rings is 1. The van der Waals surface area contributed by atoms with Crippen LogP contribution in [0, 0.1) is 0 Å². The summed E-state index contributed by atoms with van der Waals surface area (Å²) < 4.78 is 5.00. The van der Waals surface area contributed by atoms with Gasteiger partial charge in [0.05, 0.1) is 19.2 Å². The fraction of sp³-hybridized carbons (Fsp3) is 0.556. The molecular weight excluding hydrogens is 306 g/mol. The van der Waals surface area contributed by atoms with Gasteiger partial charge in [-0.25, -0.2) is 4.79 Å². The summed E-state index contributed by atoms with van der Waals surface area (Å²) in [5.41, 5.74) is 1.09. The van der Waals surface area contributed by atoms with E-state index in [1.165, 1.54) is 0 Å². The van der Waals surface area contributed by atoms with Gasteiger partial charge in [-0.2, -0.15) is 0 Å². The smallest absolute Gasteiger partial charge is 0.409 e. The Balaban J connectivity index is 1.67. The minimum Gasteiger partial charge on any atom is -0.450 e. The lowest BCUT2D eigenvalue weighted by atomic mass is 10.1. The summed E-state index contributed by atoms with van der Waals surface area (Å²) in [5, 5.41) is 6.27. The summed E-state index contributed by atoms with van der Waals surface area (Å²) in [6.45, 7) is 5.81. The summed E-state index contributed by atoms with van der Waals surface area (Å²) in [6.07, 6.45) is 1.42. The molecule has 1 heterocycles. The number of nitrogens with zero attached hydrogens (tertiary/aromatic N) is 1. The van der Waals surface area contributed by atoms with E-state index < -0.39 is 0 Å². The first-order chi connectivity index (χ1) is 11.6. The molecule has 0 saturated carbocycles. The Kier molecular flexibility index (Phi) is 7.06. The van der Waals surface area contributed by atoms with Crippen LogP contribution < -0.4 is 10.6 Å². The van der Waals surface area contributed by atoms with E-state index in [-0.39, 0.29) is 24.1 Å². The SMILES string of the molecule is CCOC(=O)N1CCC(NCC(=O)NC(C)c2ccccc2)CC1. The molecule has 2 rings (SSSR count). The van der Waals surface area contributed by atoms with Gasteiger partial charge in [-0.05, 0) is 32.3 Å². The first-order valence-electron chi connectivity index (χ1n) is 8.59. The molecule has 0 radical (unpaired) electrons. The second-order valence-electron chi connectivity index (χ2n) is 6.04. The van der Waals surface area contributed by atoms with Crippen LogP contribution >= 0.6 is 0 Å². The van der Waals surface area contributed by atoms with Crippen LogP contribution in [0.5, 0.6) is 0 Å². The van der Waals surface area contributed by atoms with Gasteiger partial charge in [0.1, 0.15) is 0 Å². The van der Waals surface area contributed by atoms with Crippen molar-refractivity contribution in [2.75, 3.05) is 26.2 Å². The standard InChI is InChI=1S/C18H27N3O3/c1-3-24-18(23)21-11-9-16(10-12-21)19-13-17(22)20-14(2)15-7-5-4-6-8-15/h4-8,14,16,19H,3,9-13H2,1-2H3,(H,20,22). The quantitative estimate of drug-likeness (QED) is 0.836. The number of hydrogen-bond acceptors (Lipinski definition) is 4. The van der Waals surface area contributed by atoms with Crippen LogP contribution in [-0.4, -0.2) is 49.2 Å². The number of likely N-dealkylation sites (tertiary alicyclic amines) is 1. The van der Waals surface area contributed by atoms with E-state index in [4.69, 9.17) is 4.74 Å². The van der Waals surface area contributed by atoms with E-state index in [1.54, 1.807) is 11.8 Å². The van der Waals surface area contributed by atoms with Crippen LogP contribution in [0.2, 0.25) is 0 Å². The molecule has 1 unspecified atom stereocenters. The van der Waals surface area contributed by atoms with Crippen molar-refractivity contribution in [3.8, 4) is 0 Å². The summed E-state index contributed by atoms with van der Waals surface area (Å²) in [7, 11) is 0. The van der Waals surface area contributed by atoms with E-state index in [1.807, 2.05) is 37.3 Å². The summed E-state index contributed by atoms with van der Waals surface area (Å²) in [5.74, 6) is -0.0147. The molecule has 6 nitrogen and oxygen atoms in total. The highest BCUT2D eigenvalue weighted by Gasteiger charge is 2.23. The third-order valence-electron chi connectivity index (χ3n) is 4.25. The molecule has 1 aliphatic heterocycles. The molecule has 1 aliphatic rings. The van der Waals surface area contributed by atoms with Gasteiger partial charge < -0.3 is 20.3 Å². The molecule has 0 aromatic heterocycles. The van der Waals surface area contributed by atoms with Crippen molar-refractivity contribution in [2.45, 2.75) is 38.8 Å². The van der Waals surface area contributed by atoms with Crippen LogP contribution in [0.1, 0.15) is 38.3 Å². The summed E-state index contributed by atoms with van der Waals surface area (Å²) in [6, 6.07) is 10.1. The molecule has 1 saturated heterocycles. The van der Waals surface area contributed by atoms with E-state index in [2.05, 4.69) is 10.6 Å². The number of amides is 2. The van der Waals surface area contributed by atoms with E-state index in [0.29, 0.717) is 26.2 Å². The van der Waals surface area contributed by atoms with Crippen molar-refractivity contribution in [1.29, 1.82) is 0 Å². The van der Waals surface area contributed by atoms with Gasteiger partial charge >= 0.3 is 6.09 Å². The number of nitrogens with one attached hydrogen (secondary N) is 2. The zero-order valence-corrected chi connectivity index (χ0v) is 14.5. The average molecular weight is 333 g/mol. The van der Waals surface area contributed by atoms with Crippen LogP contribution in [0.3, 0.4) is 0 Å². The molecule has 1 aromatic carbocycles. The normalized spacial score (nSPS) is 16.5. The fourth-order valence-electron chi connectivity index (χ4n) is 2.84. The first-order valence-corrected chi connectivity index (χ1v) is 8.59. The maximum Gasteiger partial charge on any atom is 0.409 e. The lowest BCUT2D eigenvalue weighted by Gasteiger charge is -2.31. The van der Waals surface area contributed by atoms with E-state index >= 15 is 0 Å². The second kappa shape index (κ2) is 9.27. The van der Waals surface area contributed by atoms with Crippen molar-refractivity contribution in [2.24, 2.45) is 0 Å². The van der Waals surface area contributed by atoms with Gasteiger partial charge in [0.15, 0.2) is 0 Å². The Hall–Kier alpha value is -2.08. The van der Waals surface area contributed by atoms with Crippen molar-refractivity contribution >= 4 is 12.0 Å². The predicted octanol–water partition coefficient (Wildman–Crippen LogP) is 2.07. The van der Waals surface area contributed by atoms with Crippen LogP contribution in [0.25, 0.3) is 0 Å². The third-order valence-corrected chi connectivity index (χ3v) is 4.25. The van der Waals surface area contributed by atoms with Crippen LogP contribution in [-0.2, 0) is 9.53 Å². The molecule has 0 bridgehead atoms. The first kappa shape index (κ1) is 18.3. The van der Waals surface area contributed by atoms with Gasteiger partial charge in [0.25, 0.3) is 0 Å². The lowest BCUT2D eigenvalue weighted by Crippen LogP contribution is -2.47. The molecule has 6 heteroatoms. The number of carbonyl (C=O) groups is 2. The monoisotopic (exact) mass is 333 g/mol. The summed E-state index contributed by atoms with van der Waals surface area (Å²) in [4.78, 5) is 25.4. The minimum absolute atomic E-state index is 0.00818. The predicted molar refractivity (Wildman–Crippen MR) is 92.6 cm³/mol. The van der Waals surface area contributed by atoms with Crippen molar-refractivity contribution in [3.63, 3.8) is 0 Å². The van der Waals surface area contributed by atoms with Crippen LogP contribution in [0.4, 0.5) is 4.79 Å². The zero-order chi connectivity index (χ0) is 17.4. The Morgan fingerprint density at radius 1 is 1.25 bits per heavy atom. The Labute approximate surface area is 143 Å². The van der Waals surface area contributed by atoms with Gasteiger partial charge in [-0.15, -0.1) is 0 Å². The third kappa shape index (κ3) is 5.53. The molecule has 1 fully saturated rings. The Bertz CT molecular complexity index is 528. The van der Waals surface area contributed by atoms with Crippen molar-refractivity contribution in [3.05, 3.63) is 35.9 Å². The second-order valence-corrected chi connectivity index (χ2v) is 6.04. The molecule has 0 aliphatic carbocycles. The van der Waals surface area contributed by atoms with Crippen molar-refractivity contribution < 1.29 is 14.3 Å². The maximum atomic E-state index is 12.1. The molecule has 2 N–H and O–H groups in total. The highest BCUT2D eigenvalue weighted by Crippen LogP contribution is 2.12. The molecule has 24 heavy (non-hydrogen) atoms. The summed E-state index contributed by atoms with van der Waals surface area (Å²) >= 11 is 0. The van der Waals surface area contributed by atoms with Gasteiger partial charge in [-0.3, -0.25) is 4.79 Å². The largest absolute Gasteiger partial charge is 0.450 e. The number of hydrogen-bond donors (Lipinski definition) is 2. The zero-order valence-electron chi connectivity index (χ0n) is 14.5. The average Bonchev–Trinajstić information content (AvgIpc) is 2.61. The molecule has 0 spiro atoms. The number of rotatable bonds is 6. The lowest BCUT2D eigenvalue weighted by molar-refractivity contribution is -0.121. The Morgan fingerprint density at radius 3 is 2.54 bits per heavy atom. The van der Waals surface area contributed by atoms with E-state index in [9.17, 15) is 9.59 Å². The molecule has 1 atom stereocenters. The molecule has 2 amide bonds. The van der Waals surface area contributed by atoms with E-state index in [0.717, 1.165) is 18.4 Å². The highest BCUT2D eigenvalue weighted by molar-refractivity contribution is 5.78. The minimum atomic E-state index is -0.245. The number of ether oxygens (including phenoxy) is 1. The topological polar surface area (TPSA) is 70.7 Å². The van der Waals surface area contributed by atoms with Crippen molar-refractivity contribution in [1.82, 2.24) is 15.5 Å². The van der Waals surface area contributed by atoms with Gasteiger partial charge in [0, 0.05) is 19.1 Å². The van der Waals surface area contributed by atoms with Gasteiger partial charge in [-0.1, -0.05) is 30.3 Å². The maximum absolute atomic E-state index is 12.1. The Morgan fingerprint density at radius 2 is 1.92 bits per heavy atom.